The summed E-state index contributed by atoms with van der Waals surface area (Å²) in [5.74, 6) is 0.0944. The molecule has 3 nitrogen and oxygen atoms in total. The van der Waals surface area contributed by atoms with Gasteiger partial charge in [-0.3, -0.25) is 4.79 Å². The van der Waals surface area contributed by atoms with Gasteiger partial charge < -0.3 is 5.32 Å². The Hall–Kier alpha value is 0.160. The maximum absolute atomic E-state index is 10.7. The van der Waals surface area contributed by atoms with E-state index in [-0.39, 0.29) is 5.91 Å². The molecule has 4 heteroatoms. The fraction of sp³-hybridized carbons (Fsp3) is 0.857. The maximum Gasteiger partial charge on any atom is 0.217 e. The fourth-order valence-electron chi connectivity index (χ4n) is 1.28. The average molecular weight is 268 g/mol. The van der Waals surface area contributed by atoms with Crippen molar-refractivity contribution in [2.45, 2.75) is 25.8 Å². The Bertz CT molecular complexity index is 143. The third-order valence-electron chi connectivity index (χ3n) is 1.85. The topological polar surface area (TPSA) is 32.3 Å². The Kier molecular flexibility index (Phi) is 3.58. The number of nitrogens with one attached hydrogen (secondary N) is 1. The van der Waals surface area contributed by atoms with Crippen LogP contribution in [0.3, 0.4) is 0 Å². The zero-order valence-corrected chi connectivity index (χ0v) is 8.80. The molecule has 1 amide bonds. The van der Waals surface area contributed by atoms with Gasteiger partial charge in [0.2, 0.25) is 5.91 Å². The molecule has 0 aromatic carbocycles. The average Bonchev–Trinajstić information content (AvgIpc) is 1.93. The summed E-state index contributed by atoms with van der Waals surface area (Å²) in [5, 5.41) is 2.93. The lowest BCUT2D eigenvalue weighted by Crippen LogP contribution is -2.40. The second-order valence-corrected chi connectivity index (χ2v) is 4.25. The summed E-state index contributed by atoms with van der Waals surface area (Å²) < 4.78 is 2.26. The molecular weight excluding hydrogens is 255 g/mol. The number of piperidine rings is 1. The van der Waals surface area contributed by atoms with E-state index < -0.39 is 0 Å². The molecule has 64 valence electrons. The Morgan fingerprint density at radius 3 is 2.55 bits per heavy atom. The van der Waals surface area contributed by atoms with Crippen LogP contribution in [0.15, 0.2) is 0 Å². The molecule has 1 fully saturated rings. The first-order valence-corrected chi connectivity index (χ1v) is 4.83. The van der Waals surface area contributed by atoms with Crippen molar-refractivity contribution in [2.24, 2.45) is 0 Å². The van der Waals surface area contributed by atoms with Gasteiger partial charge in [-0.25, -0.2) is 3.11 Å². The van der Waals surface area contributed by atoms with Crippen molar-refractivity contribution in [3.63, 3.8) is 0 Å². The lowest BCUT2D eigenvalue weighted by atomic mass is 10.1. The predicted octanol–water partition coefficient (Wildman–Crippen LogP) is 0.937. The summed E-state index contributed by atoms with van der Waals surface area (Å²) in [6.45, 7) is 3.76. The van der Waals surface area contributed by atoms with E-state index in [1.807, 2.05) is 0 Å². The molecule has 1 aliphatic rings. The first-order valence-electron chi connectivity index (χ1n) is 3.86. The minimum absolute atomic E-state index is 0.0944. The second kappa shape index (κ2) is 4.25. The lowest BCUT2D eigenvalue weighted by molar-refractivity contribution is -0.119. The van der Waals surface area contributed by atoms with E-state index in [9.17, 15) is 4.79 Å². The van der Waals surface area contributed by atoms with Crippen molar-refractivity contribution in [2.75, 3.05) is 13.1 Å². The van der Waals surface area contributed by atoms with E-state index in [2.05, 4.69) is 31.3 Å². The van der Waals surface area contributed by atoms with E-state index >= 15 is 0 Å². The fourth-order valence-corrected chi connectivity index (χ4v) is 1.84. The Labute approximate surface area is 81.0 Å². The summed E-state index contributed by atoms with van der Waals surface area (Å²) in [5.41, 5.74) is 0. The lowest BCUT2D eigenvalue weighted by Gasteiger charge is -2.27. The highest BCUT2D eigenvalue weighted by atomic mass is 127. The smallest absolute Gasteiger partial charge is 0.217 e. The number of carbonyl (C=O) groups excluding carboxylic acids is 1. The van der Waals surface area contributed by atoms with Crippen molar-refractivity contribution in [3.05, 3.63) is 0 Å². The molecule has 1 heterocycles. The Morgan fingerprint density at radius 1 is 1.55 bits per heavy atom. The zero-order chi connectivity index (χ0) is 8.27. The minimum Gasteiger partial charge on any atom is -0.354 e. The van der Waals surface area contributed by atoms with Gasteiger partial charge >= 0.3 is 0 Å². The van der Waals surface area contributed by atoms with Crippen LogP contribution in [0.2, 0.25) is 0 Å². The van der Waals surface area contributed by atoms with Crippen molar-refractivity contribution in [1.29, 1.82) is 0 Å². The van der Waals surface area contributed by atoms with Gasteiger partial charge in [-0.1, -0.05) is 0 Å². The Balaban J connectivity index is 2.22. The van der Waals surface area contributed by atoms with Crippen LogP contribution in [-0.2, 0) is 4.79 Å². The number of carbonyl (C=O) groups is 1. The van der Waals surface area contributed by atoms with Gasteiger partial charge in [0.05, 0.1) is 0 Å². The predicted molar refractivity (Wildman–Crippen MR) is 52.4 cm³/mol. The number of hydrogen-bond donors (Lipinski definition) is 1. The summed E-state index contributed by atoms with van der Waals surface area (Å²) in [6, 6.07) is 0.415. The highest BCUT2D eigenvalue weighted by molar-refractivity contribution is 14.1. The van der Waals surface area contributed by atoms with Crippen LogP contribution in [0, 0.1) is 0 Å². The van der Waals surface area contributed by atoms with Crippen molar-refractivity contribution in [1.82, 2.24) is 8.43 Å². The van der Waals surface area contributed by atoms with E-state index in [0.717, 1.165) is 25.9 Å². The molecule has 0 unspecified atom stereocenters. The molecule has 11 heavy (non-hydrogen) atoms. The molecule has 0 aliphatic carbocycles. The van der Waals surface area contributed by atoms with Crippen LogP contribution >= 0.6 is 22.9 Å². The molecule has 0 bridgehead atoms. The summed E-state index contributed by atoms with van der Waals surface area (Å²) in [7, 11) is 0. The number of rotatable bonds is 1. The summed E-state index contributed by atoms with van der Waals surface area (Å²) in [6.07, 6.45) is 2.17. The van der Waals surface area contributed by atoms with Crippen LogP contribution < -0.4 is 5.32 Å². The molecule has 1 rings (SSSR count). The van der Waals surface area contributed by atoms with Crippen LogP contribution in [0.25, 0.3) is 0 Å². The minimum atomic E-state index is 0.0944. The highest BCUT2D eigenvalue weighted by Crippen LogP contribution is 2.13. The van der Waals surface area contributed by atoms with Gasteiger partial charge in [-0.2, -0.15) is 0 Å². The maximum atomic E-state index is 10.7. The second-order valence-electron chi connectivity index (χ2n) is 2.88. The highest BCUT2D eigenvalue weighted by Gasteiger charge is 2.17. The normalized spacial score (nSPS) is 21.6. The van der Waals surface area contributed by atoms with Gasteiger partial charge in [0.25, 0.3) is 0 Å². The third-order valence-corrected chi connectivity index (χ3v) is 2.81. The summed E-state index contributed by atoms with van der Waals surface area (Å²) in [4.78, 5) is 10.7. The number of nitrogens with zero attached hydrogens (tertiary/aromatic N) is 1. The molecule has 0 aromatic rings. The molecule has 0 spiro atoms. The van der Waals surface area contributed by atoms with E-state index in [1.165, 1.54) is 0 Å². The molecular formula is C7H13IN2O. The van der Waals surface area contributed by atoms with E-state index in [0.29, 0.717) is 6.04 Å². The van der Waals surface area contributed by atoms with Gasteiger partial charge in [-0.05, 0) is 12.8 Å². The van der Waals surface area contributed by atoms with Crippen molar-refractivity contribution in [3.8, 4) is 0 Å². The summed E-state index contributed by atoms with van der Waals surface area (Å²) >= 11 is 2.32. The van der Waals surface area contributed by atoms with Crippen LogP contribution in [0.1, 0.15) is 19.8 Å². The molecule has 1 aliphatic heterocycles. The molecule has 0 aromatic heterocycles. The first kappa shape index (κ1) is 9.25. The van der Waals surface area contributed by atoms with Gasteiger partial charge in [0, 0.05) is 48.9 Å². The number of hydrogen-bond acceptors (Lipinski definition) is 2. The molecule has 1 saturated heterocycles. The van der Waals surface area contributed by atoms with E-state index in [1.54, 1.807) is 6.92 Å². The number of halogens is 1. The van der Waals surface area contributed by atoms with Crippen molar-refractivity contribution >= 4 is 28.8 Å². The van der Waals surface area contributed by atoms with E-state index in [4.69, 9.17) is 0 Å². The largest absolute Gasteiger partial charge is 0.354 e. The van der Waals surface area contributed by atoms with Gasteiger partial charge in [-0.15, -0.1) is 0 Å². The monoisotopic (exact) mass is 268 g/mol. The third kappa shape index (κ3) is 3.37. The van der Waals surface area contributed by atoms with Crippen LogP contribution in [0.5, 0.6) is 0 Å². The molecule has 1 N–H and O–H groups in total. The Morgan fingerprint density at radius 2 is 2.09 bits per heavy atom. The SMILES string of the molecule is CC(=O)NC1CCN(I)CC1. The van der Waals surface area contributed by atoms with Crippen LogP contribution in [-0.4, -0.2) is 28.2 Å². The number of amides is 1. The first-order chi connectivity index (χ1) is 5.18. The molecule has 0 atom stereocenters. The van der Waals surface area contributed by atoms with Gasteiger partial charge in [0.1, 0.15) is 0 Å². The van der Waals surface area contributed by atoms with Crippen LogP contribution in [0.4, 0.5) is 0 Å². The molecule has 0 saturated carbocycles. The van der Waals surface area contributed by atoms with Gasteiger partial charge in [0.15, 0.2) is 0 Å². The zero-order valence-electron chi connectivity index (χ0n) is 6.64. The molecule has 0 radical (unpaired) electrons. The van der Waals surface area contributed by atoms with Crippen molar-refractivity contribution < 1.29 is 4.79 Å². The standard InChI is InChI=1S/C7H13IN2O/c1-6(11)9-7-2-4-10(8)5-3-7/h7H,2-5H2,1H3,(H,9,11). The quantitative estimate of drug-likeness (QED) is 0.567.